The van der Waals surface area contributed by atoms with Crippen LogP contribution in [0.3, 0.4) is 0 Å². The van der Waals surface area contributed by atoms with Crippen molar-refractivity contribution < 1.29 is 0 Å². The SMILES string of the molecule is C=C(C)CC1CCC(/C=C/C2CCC(C)CC2)CC1. The van der Waals surface area contributed by atoms with Gasteiger partial charge in [-0.05, 0) is 75.5 Å². The van der Waals surface area contributed by atoms with Crippen molar-refractivity contribution in [3.05, 3.63) is 24.3 Å². The minimum absolute atomic E-state index is 0.876. The molecule has 0 heteroatoms. The molecule has 2 fully saturated rings. The normalized spacial score (nSPS) is 36.5. The van der Waals surface area contributed by atoms with Crippen LogP contribution in [0.4, 0.5) is 0 Å². The second-order valence-corrected chi connectivity index (χ2v) is 7.35. The Kier molecular flexibility index (Phi) is 5.73. The maximum atomic E-state index is 4.06. The number of allylic oxidation sites excluding steroid dienone is 3. The van der Waals surface area contributed by atoms with Crippen LogP contribution in [0.1, 0.15) is 71.6 Å². The van der Waals surface area contributed by atoms with Crippen molar-refractivity contribution >= 4 is 0 Å². The van der Waals surface area contributed by atoms with Gasteiger partial charge in [0.05, 0.1) is 0 Å². The molecule has 0 heterocycles. The van der Waals surface area contributed by atoms with E-state index in [0.717, 1.165) is 23.7 Å². The fourth-order valence-corrected chi connectivity index (χ4v) is 3.87. The lowest BCUT2D eigenvalue weighted by molar-refractivity contribution is 0.304. The summed E-state index contributed by atoms with van der Waals surface area (Å²) in [6.07, 6.45) is 17.8. The van der Waals surface area contributed by atoms with Gasteiger partial charge in [-0.2, -0.15) is 0 Å². The predicted molar refractivity (Wildman–Crippen MR) is 85.1 cm³/mol. The third-order valence-corrected chi connectivity index (χ3v) is 5.24. The molecular formula is C19H32. The van der Waals surface area contributed by atoms with E-state index in [1.165, 1.54) is 63.4 Å². The van der Waals surface area contributed by atoms with Crippen molar-refractivity contribution in [1.82, 2.24) is 0 Å². The highest BCUT2D eigenvalue weighted by Gasteiger charge is 2.20. The Morgan fingerprint density at radius 1 is 0.895 bits per heavy atom. The quantitative estimate of drug-likeness (QED) is 0.532. The van der Waals surface area contributed by atoms with Gasteiger partial charge >= 0.3 is 0 Å². The van der Waals surface area contributed by atoms with Crippen molar-refractivity contribution in [2.75, 3.05) is 0 Å². The highest BCUT2D eigenvalue weighted by Crippen LogP contribution is 2.34. The average molecular weight is 260 g/mol. The molecule has 0 aromatic carbocycles. The molecule has 0 N–H and O–H groups in total. The first-order valence-electron chi connectivity index (χ1n) is 8.46. The molecule has 0 aromatic rings. The Morgan fingerprint density at radius 2 is 1.37 bits per heavy atom. The van der Waals surface area contributed by atoms with Gasteiger partial charge in [0.1, 0.15) is 0 Å². The van der Waals surface area contributed by atoms with E-state index in [9.17, 15) is 0 Å². The Morgan fingerprint density at radius 3 is 1.84 bits per heavy atom. The standard InChI is InChI=1S/C19H32/c1-15(2)14-19-12-10-18(11-13-19)9-8-17-6-4-16(3)5-7-17/h8-9,16-19H,1,4-7,10-14H2,2-3H3/b9-8+. The molecule has 2 aliphatic rings. The molecule has 2 aliphatic carbocycles. The molecule has 2 saturated carbocycles. The Balaban J connectivity index is 1.69. The highest BCUT2D eigenvalue weighted by atomic mass is 14.3. The second kappa shape index (κ2) is 7.31. The molecule has 0 atom stereocenters. The number of hydrogen-bond donors (Lipinski definition) is 0. The first-order chi connectivity index (χ1) is 9.13. The summed E-state index contributed by atoms with van der Waals surface area (Å²) in [5, 5.41) is 0. The van der Waals surface area contributed by atoms with Gasteiger partial charge in [0.25, 0.3) is 0 Å². The Labute approximate surface area is 120 Å². The molecule has 0 nitrogen and oxygen atoms in total. The van der Waals surface area contributed by atoms with Crippen molar-refractivity contribution in [1.29, 1.82) is 0 Å². The van der Waals surface area contributed by atoms with E-state index in [2.05, 4.69) is 32.6 Å². The molecule has 0 saturated heterocycles. The highest BCUT2D eigenvalue weighted by molar-refractivity contribution is 4.97. The lowest BCUT2D eigenvalue weighted by atomic mass is 9.78. The topological polar surface area (TPSA) is 0 Å². The van der Waals surface area contributed by atoms with Gasteiger partial charge in [0.2, 0.25) is 0 Å². The summed E-state index contributed by atoms with van der Waals surface area (Å²) in [5.41, 5.74) is 1.37. The minimum Gasteiger partial charge on any atom is -0.100 e. The third-order valence-electron chi connectivity index (χ3n) is 5.24. The van der Waals surface area contributed by atoms with Crippen LogP contribution in [0, 0.1) is 23.7 Å². The van der Waals surface area contributed by atoms with E-state index in [-0.39, 0.29) is 0 Å². The Hall–Kier alpha value is -0.520. The minimum atomic E-state index is 0.876. The lowest BCUT2D eigenvalue weighted by Gasteiger charge is -2.28. The smallest absolute Gasteiger partial charge is 0.0233 e. The van der Waals surface area contributed by atoms with E-state index >= 15 is 0 Å². The fraction of sp³-hybridized carbons (Fsp3) is 0.789. The summed E-state index contributed by atoms with van der Waals surface area (Å²) in [5.74, 6) is 3.67. The van der Waals surface area contributed by atoms with Crippen LogP contribution < -0.4 is 0 Å². The van der Waals surface area contributed by atoms with Crippen LogP contribution in [-0.2, 0) is 0 Å². The molecule has 2 rings (SSSR count). The van der Waals surface area contributed by atoms with Crippen LogP contribution in [0.15, 0.2) is 24.3 Å². The molecule has 0 radical (unpaired) electrons. The zero-order valence-electron chi connectivity index (χ0n) is 13.0. The summed E-state index contributed by atoms with van der Waals surface area (Å²) in [7, 11) is 0. The van der Waals surface area contributed by atoms with Crippen molar-refractivity contribution in [3.63, 3.8) is 0 Å². The first-order valence-corrected chi connectivity index (χ1v) is 8.46. The molecule has 0 aromatic heterocycles. The molecule has 0 amide bonds. The van der Waals surface area contributed by atoms with Crippen molar-refractivity contribution in [2.24, 2.45) is 23.7 Å². The van der Waals surface area contributed by atoms with Crippen LogP contribution in [0.2, 0.25) is 0 Å². The van der Waals surface area contributed by atoms with E-state index < -0.39 is 0 Å². The molecule has 108 valence electrons. The third kappa shape index (κ3) is 5.16. The van der Waals surface area contributed by atoms with Crippen LogP contribution in [-0.4, -0.2) is 0 Å². The summed E-state index contributed by atoms with van der Waals surface area (Å²) in [4.78, 5) is 0. The summed E-state index contributed by atoms with van der Waals surface area (Å²) < 4.78 is 0. The summed E-state index contributed by atoms with van der Waals surface area (Å²) in [6, 6.07) is 0. The maximum Gasteiger partial charge on any atom is -0.0233 e. The van der Waals surface area contributed by atoms with Gasteiger partial charge in [0.15, 0.2) is 0 Å². The summed E-state index contributed by atoms with van der Waals surface area (Å²) in [6.45, 7) is 8.64. The molecule has 0 spiro atoms. The zero-order valence-corrected chi connectivity index (χ0v) is 13.0. The molecule has 0 unspecified atom stereocenters. The fourth-order valence-electron chi connectivity index (χ4n) is 3.87. The van der Waals surface area contributed by atoms with Gasteiger partial charge in [0, 0.05) is 0 Å². The van der Waals surface area contributed by atoms with Crippen molar-refractivity contribution in [3.8, 4) is 0 Å². The molecule has 0 bridgehead atoms. The zero-order chi connectivity index (χ0) is 13.7. The van der Waals surface area contributed by atoms with E-state index in [0.29, 0.717) is 0 Å². The lowest BCUT2D eigenvalue weighted by Crippen LogP contribution is -2.14. The average Bonchev–Trinajstić information content (AvgIpc) is 2.39. The van der Waals surface area contributed by atoms with E-state index in [1.807, 2.05) is 0 Å². The molecule has 0 aliphatic heterocycles. The van der Waals surface area contributed by atoms with Gasteiger partial charge in [-0.15, -0.1) is 6.58 Å². The maximum absolute atomic E-state index is 4.06. The molecule has 19 heavy (non-hydrogen) atoms. The Bertz CT molecular complexity index is 296. The van der Waals surface area contributed by atoms with Gasteiger partial charge < -0.3 is 0 Å². The second-order valence-electron chi connectivity index (χ2n) is 7.35. The van der Waals surface area contributed by atoms with Crippen LogP contribution >= 0.6 is 0 Å². The largest absolute Gasteiger partial charge is 0.100 e. The van der Waals surface area contributed by atoms with Gasteiger partial charge in [-0.1, -0.05) is 37.5 Å². The number of rotatable bonds is 4. The summed E-state index contributed by atoms with van der Waals surface area (Å²) >= 11 is 0. The predicted octanol–water partition coefficient (Wildman–Crippen LogP) is 6.14. The monoisotopic (exact) mass is 260 g/mol. The van der Waals surface area contributed by atoms with Crippen LogP contribution in [0.5, 0.6) is 0 Å². The van der Waals surface area contributed by atoms with Gasteiger partial charge in [-0.3, -0.25) is 0 Å². The van der Waals surface area contributed by atoms with Crippen LogP contribution in [0.25, 0.3) is 0 Å². The first kappa shape index (κ1) is 14.9. The van der Waals surface area contributed by atoms with E-state index in [1.54, 1.807) is 0 Å². The van der Waals surface area contributed by atoms with Gasteiger partial charge in [-0.25, -0.2) is 0 Å². The van der Waals surface area contributed by atoms with Crippen molar-refractivity contribution in [2.45, 2.75) is 71.6 Å². The number of hydrogen-bond acceptors (Lipinski definition) is 0. The van der Waals surface area contributed by atoms with E-state index in [4.69, 9.17) is 0 Å². The molecular weight excluding hydrogens is 228 g/mol.